The van der Waals surface area contributed by atoms with Crippen LogP contribution in [0, 0.1) is 20.8 Å². The van der Waals surface area contributed by atoms with Gasteiger partial charge in [0.1, 0.15) is 30.3 Å². The quantitative estimate of drug-likeness (QED) is 0.641. The summed E-state index contributed by atoms with van der Waals surface area (Å²) in [7, 11) is 0. The zero-order chi connectivity index (χ0) is 18.7. The average molecular weight is 350 g/mol. The normalized spacial score (nSPS) is 10.7. The van der Waals surface area contributed by atoms with Crippen LogP contribution in [0.15, 0.2) is 48.5 Å². The molecule has 0 radical (unpaired) electrons. The Morgan fingerprint density at radius 3 is 2.35 bits per heavy atom. The highest BCUT2D eigenvalue weighted by molar-refractivity contribution is 6.06. The number of benzene rings is 3. The SMILES string of the molecule is Cc1cc(C)c(C)c(OCCOc2ccc3ccccc3c2C(=O)O)c1. The molecule has 0 atom stereocenters. The van der Waals surface area contributed by atoms with E-state index in [-0.39, 0.29) is 12.2 Å². The van der Waals surface area contributed by atoms with E-state index in [4.69, 9.17) is 9.47 Å². The third kappa shape index (κ3) is 3.64. The summed E-state index contributed by atoms with van der Waals surface area (Å²) in [6.45, 7) is 6.72. The molecule has 3 rings (SSSR count). The van der Waals surface area contributed by atoms with E-state index in [1.807, 2.05) is 44.2 Å². The van der Waals surface area contributed by atoms with E-state index < -0.39 is 5.97 Å². The van der Waals surface area contributed by atoms with E-state index in [9.17, 15) is 9.90 Å². The summed E-state index contributed by atoms with van der Waals surface area (Å²) in [5.74, 6) is 0.197. The Morgan fingerprint density at radius 2 is 1.62 bits per heavy atom. The Morgan fingerprint density at radius 1 is 0.923 bits per heavy atom. The Hall–Kier alpha value is -3.01. The highest BCUT2D eigenvalue weighted by Gasteiger charge is 2.15. The van der Waals surface area contributed by atoms with Gasteiger partial charge < -0.3 is 14.6 Å². The van der Waals surface area contributed by atoms with E-state index in [2.05, 4.69) is 13.0 Å². The predicted molar refractivity (Wildman–Crippen MR) is 103 cm³/mol. The van der Waals surface area contributed by atoms with Crippen LogP contribution in [0.1, 0.15) is 27.0 Å². The highest BCUT2D eigenvalue weighted by Crippen LogP contribution is 2.28. The predicted octanol–water partition coefficient (Wildman–Crippen LogP) is 4.92. The third-order valence-corrected chi connectivity index (χ3v) is 4.47. The van der Waals surface area contributed by atoms with Gasteiger partial charge in [-0.1, -0.05) is 36.4 Å². The Labute approximate surface area is 153 Å². The number of hydrogen-bond acceptors (Lipinski definition) is 3. The van der Waals surface area contributed by atoms with Gasteiger partial charge in [-0.15, -0.1) is 0 Å². The molecule has 1 N–H and O–H groups in total. The van der Waals surface area contributed by atoms with E-state index in [0.29, 0.717) is 17.7 Å². The van der Waals surface area contributed by atoms with Gasteiger partial charge in [-0.05, 0) is 60.4 Å². The third-order valence-electron chi connectivity index (χ3n) is 4.47. The number of carboxylic acid groups (broad SMARTS) is 1. The van der Waals surface area contributed by atoms with Crippen LogP contribution in [0.3, 0.4) is 0 Å². The van der Waals surface area contributed by atoms with Gasteiger partial charge in [-0.2, -0.15) is 0 Å². The van der Waals surface area contributed by atoms with Gasteiger partial charge >= 0.3 is 5.97 Å². The minimum absolute atomic E-state index is 0.186. The standard InChI is InChI=1S/C22H22O4/c1-14-12-15(2)16(3)20(13-14)26-11-10-25-19-9-8-17-6-4-5-7-18(17)21(19)22(23)24/h4-9,12-13H,10-11H2,1-3H3,(H,23,24). The van der Waals surface area contributed by atoms with Crippen LogP contribution in [0.25, 0.3) is 10.8 Å². The number of carboxylic acids is 1. The van der Waals surface area contributed by atoms with Crippen molar-refractivity contribution in [3.05, 3.63) is 70.8 Å². The molecule has 0 spiro atoms. The maximum atomic E-state index is 11.7. The molecule has 0 fully saturated rings. The second-order valence-electron chi connectivity index (χ2n) is 6.37. The van der Waals surface area contributed by atoms with Crippen LogP contribution < -0.4 is 9.47 Å². The van der Waals surface area contributed by atoms with Crippen LogP contribution >= 0.6 is 0 Å². The van der Waals surface area contributed by atoms with Crippen molar-refractivity contribution in [1.82, 2.24) is 0 Å². The Bertz CT molecular complexity index is 960. The van der Waals surface area contributed by atoms with E-state index in [0.717, 1.165) is 22.3 Å². The zero-order valence-electron chi connectivity index (χ0n) is 15.2. The van der Waals surface area contributed by atoms with Crippen molar-refractivity contribution in [2.24, 2.45) is 0 Å². The van der Waals surface area contributed by atoms with Crippen molar-refractivity contribution in [1.29, 1.82) is 0 Å². The number of fused-ring (bicyclic) bond motifs is 1. The smallest absolute Gasteiger partial charge is 0.340 e. The first-order valence-electron chi connectivity index (χ1n) is 8.56. The minimum atomic E-state index is -0.997. The molecular formula is C22H22O4. The summed E-state index contributed by atoms with van der Waals surface area (Å²) < 4.78 is 11.6. The first kappa shape index (κ1) is 17.8. The lowest BCUT2D eigenvalue weighted by molar-refractivity contribution is 0.0693. The summed E-state index contributed by atoms with van der Waals surface area (Å²) in [4.78, 5) is 11.7. The fourth-order valence-electron chi connectivity index (χ4n) is 3.05. The number of hydrogen-bond donors (Lipinski definition) is 1. The summed E-state index contributed by atoms with van der Waals surface area (Å²) in [6.07, 6.45) is 0. The van der Waals surface area contributed by atoms with Crippen molar-refractivity contribution < 1.29 is 19.4 Å². The molecule has 0 unspecified atom stereocenters. The molecule has 0 aliphatic heterocycles. The van der Waals surface area contributed by atoms with Gasteiger partial charge in [0, 0.05) is 0 Å². The van der Waals surface area contributed by atoms with E-state index in [1.165, 1.54) is 5.56 Å². The topological polar surface area (TPSA) is 55.8 Å². The molecule has 3 aromatic carbocycles. The molecule has 3 aromatic rings. The van der Waals surface area contributed by atoms with Crippen molar-refractivity contribution >= 4 is 16.7 Å². The van der Waals surface area contributed by atoms with Crippen LogP contribution in [0.5, 0.6) is 11.5 Å². The monoisotopic (exact) mass is 350 g/mol. The fraction of sp³-hybridized carbons (Fsp3) is 0.227. The summed E-state index contributed by atoms with van der Waals surface area (Å²) in [6, 6.07) is 15.1. The second-order valence-corrected chi connectivity index (χ2v) is 6.37. The maximum absolute atomic E-state index is 11.7. The number of carbonyl (C=O) groups is 1. The first-order chi connectivity index (χ1) is 12.5. The van der Waals surface area contributed by atoms with Crippen molar-refractivity contribution in [3.63, 3.8) is 0 Å². The highest BCUT2D eigenvalue weighted by atomic mass is 16.5. The molecule has 0 saturated heterocycles. The number of aromatic carboxylic acids is 1. The Kier molecular flexibility index (Phi) is 5.12. The van der Waals surface area contributed by atoms with Gasteiger partial charge in [0.15, 0.2) is 0 Å². The lowest BCUT2D eigenvalue weighted by Crippen LogP contribution is -2.12. The molecule has 0 saturated carbocycles. The first-order valence-corrected chi connectivity index (χ1v) is 8.56. The molecule has 0 heterocycles. The van der Waals surface area contributed by atoms with Crippen LogP contribution in [0.2, 0.25) is 0 Å². The molecule has 0 bridgehead atoms. The Balaban J connectivity index is 1.73. The maximum Gasteiger partial charge on any atom is 0.340 e. The molecule has 4 heteroatoms. The zero-order valence-corrected chi connectivity index (χ0v) is 15.2. The molecule has 0 aliphatic carbocycles. The molecular weight excluding hydrogens is 328 g/mol. The number of rotatable bonds is 6. The molecule has 134 valence electrons. The largest absolute Gasteiger partial charge is 0.490 e. The molecule has 0 amide bonds. The fourth-order valence-corrected chi connectivity index (χ4v) is 3.05. The minimum Gasteiger partial charge on any atom is -0.490 e. The summed E-state index contributed by atoms with van der Waals surface area (Å²) >= 11 is 0. The lowest BCUT2D eigenvalue weighted by Gasteiger charge is -2.14. The van der Waals surface area contributed by atoms with E-state index >= 15 is 0 Å². The molecule has 26 heavy (non-hydrogen) atoms. The van der Waals surface area contributed by atoms with Gasteiger partial charge in [-0.3, -0.25) is 0 Å². The van der Waals surface area contributed by atoms with Gasteiger partial charge in [-0.25, -0.2) is 4.79 Å². The molecule has 4 nitrogen and oxygen atoms in total. The van der Waals surface area contributed by atoms with Gasteiger partial charge in [0.2, 0.25) is 0 Å². The van der Waals surface area contributed by atoms with Crippen LogP contribution in [0.4, 0.5) is 0 Å². The van der Waals surface area contributed by atoms with Crippen molar-refractivity contribution in [2.45, 2.75) is 20.8 Å². The van der Waals surface area contributed by atoms with Crippen LogP contribution in [-0.2, 0) is 0 Å². The van der Waals surface area contributed by atoms with Crippen molar-refractivity contribution in [3.8, 4) is 11.5 Å². The molecule has 0 aliphatic rings. The number of aryl methyl sites for hydroxylation is 2. The molecule has 0 aromatic heterocycles. The van der Waals surface area contributed by atoms with Crippen LogP contribution in [-0.4, -0.2) is 24.3 Å². The second kappa shape index (κ2) is 7.48. The average Bonchev–Trinajstić information content (AvgIpc) is 2.61. The van der Waals surface area contributed by atoms with Gasteiger partial charge in [0.05, 0.1) is 0 Å². The van der Waals surface area contributed by atoms with E-state index in [1.54, 1.807) is 12.1 Å². The lowest BCUT2D eigenvalue weighted by atomic mass is 10.0. The number of ether oxygens (including phenoxy) is 2. The van der Waals surface area contributed by atoms with Crippen molar-refractivity contribution in [2.75, 3.05) is 13.2 Å². The van der Waals surface area contributed by atoms with Gasteiger partial charge in [0.25, 0.3) is 0 Å². The summed E-state index contributed by atoms with van der Waals surface area (Å²) in [5, 5.41) is 11.1. The summed E-state index contributed by atoms with van der Waals surface area (Å²) in [5.41, 5.74) is 3.62.